The maximum atomic E-state index is 12.0. The predicted octanol–water partition coefficient (Wildman–Crippen LogP) is 1.58. The second-order valence-electron chi connectivity index (χ2n) is 3.70. The zero-order valence-electron chi connectivity index (χ0n) is 9.75. The van der Waals surface area contributed by atoms with Crippen molar-refractivity contribution in [1.29, 1.82) is 0 Å². The van der Waals surface area contributed by atoms with Crippen molar-refractivity contribution in [2.45, 2.75) is 19.1 Å². The molecule has 0 bridgehead atoms. The van der Waals surface area contributed by atoms with E-state index in [-0.39, 0.29) is 6.54 Å². The van der Waals surface area contributed by atoms with E-state index in [4.69, 9.17) is 0 Å². The number of nitrogens with one attached hydrogen (secondary N) is 1. The molecule has 0 atom stereocenters. The van der Waals surface area contributed by atoms with E-state index in [1.165, 1.54) is 4.90 Å². The van der Waals surface area contributed by atoms with Crippen LogP contribution in [-0.4, -0.2) is 37.0 Å². The molecule has 0 aliphatic rings. The van der Waals surface area contributed by atoms with Gasteiger partial charge in [0.05, 0.1) is 12.1 Å². The van der Waals surface area contributed by atoms with Crippen molar-refractivity contribution in [2.75, 3.05) is 25.5 Å². The summed E-state index contributed by atoms with van der Waals surface area (Å²) in [6.45, 7) is 0.461. The van der Waals surface area contributed by atoms with E-state index in [0.29, 0.717) is 12.4 Å². The van der Waals surface area contributed by atoms with Crippen molar-refractivity contribution in [3.63, 3.8) is 0 Å². The van der Waals surface area contributed by atoms with E-state index < -0.39 is 12.6 Å². The van der Waals surface area contributed by atoms with Gasteiger partial charge in [0, 0.05) is 20.1 Å². The van der Waals surface area contributed by atoms with E-state index >= 15 is 0 Å². The molecule has 1 heterocycles. The Morgan fingerprint density at radius 1 is 1.29 bits per heavy atom. The highest BCUT2D eigenvalue weighted by molar-refractivity contribution is 5.35. The van der Waals surface area contributed by atoms with Crippen LogP contribution in [0.4, 0.5) is 19.0 Å². The van der Waals surface area contributed by atoms with E-state index in [9.17, 15) is 13.2 Å². The summed E-state index contributed by atoms with van der Waals surface area (Å²) in [4.78, 5) is 1.43. The molecule has 0 saturated carbocycles. The first-order valence-corrected chi connectivity index (χ1v) is 5.17. The molecule has 0 aromatic carbocycles. The van der Waals surface area contributed by atoms with Crippen molar-refractivity contribution in [3.8, 4) is 0 Å². The summed E-state index contributed by atoms with van der Waals surface area (Å²) in [5.74, 6) is 0.439. The highest BCUT2D eigenvalue weighted by atomic mass is 19.4. The molecule has 0 unspecified atom stereocenters. The molecule has 1 N–H and O–H groups in total. The minimum atomic E-state index is -4.15. The number of nitrogens with zero attached hydrogens (tertiary/aromatic N) is 3. The van der Waals surface area contributed by atoms with Crippen LogP contribution in [0.5, 0.6) is 0 Å². The van der Waals surface area contributed by atoms with Gasteiger partial charge < -0.3 is 10.2 Å². The van der Waals surface area contributed by atoms with E-state index in [1.807, 2.05) is 0 Å². The summed E-state index contributed by atoms with van der Waals surface area (Å²) in [6, 6.07) is 3.40. The topological polar surface area (TPSA) is 41.0 Å². The Labute approximate surface area is 97.8 Å². The minimum Gasteiger partial charge on any atom is -0.358 e. The maximum absolute atomic E-state index is 12.0. The van der Waals surface area contributed by atoms with Crippen molar-refractivity contribution >= 4 is 5.82 Å². The molecular weight excluding hydrogens is 233 g/mol. The second kappa shape index (κ2) is 5.81. The molecule has 1 rings (SSSR count). The van der Waals surface area contributed by atoms with Crippen molar-refractivity contribution < 1.29 is 13.2 Å². The zero-order valence-corrected chi connectivity index (χ0v) is 9.75. The van der Waals surface area contributed by atoms with Crippen molar-refractivity contribution in [1.82, 2.24) is 15.5 Å². The lowest BCUT2D eigenvalue weighted by Gasteiger charge is -2.18. The standard InChI is InChI=1S/C10H15F3N4/c1-14-7-8-3-4-9(16-15-8)17(2)6-5-10(11,12)13/h3-4,14H,5-7H2,1-2H3. The number of halogens is 3. The third-order valence-corrected chi connectivity index (χ3v) is 2.19. The lowest BCUT2D eigenvalue weighted by atomic mass is 10.3. The van der Waals surface area contributed by atoms with Gasteiger partial charge >= 0.3 is 6.18 Å². The Bertz CT molecular complexity index is 336. The molecule has 0 spiro atoms. The number of hydrogen-bond donors (Lipinski definition) is 1. The highest BCUT2D eigenvalue weighted by Gasteiger charge is 2.27. The molecule has 0 aliphatic heterocycles. The molecule has 96 valence electrons. The molecule has 4 nitrogen and oxygen atoms in total. The summed E-state index contributed by atoms with van der Waals surface area (Å²) >= 11 is 0. The van der Waals surface area contributed by atoms with Crippen LogP contribution < -0.4 is 10.2 Å². The van der Waals surface area contributed by atoms with Crippen LogP contribution in [0.1, 0.15) is 12.1 Å². The fourth-order valence-electron chi connectivity index (χ4n) is 1.24. The number of rotatable bonds is 5. The number of alkyl halides is 3. The second-order valence-corrected chi connectivity index (χ2v) is 3.70. The van der Waals surface area contributed by atoms with Gasteiger partial charge in [-0.3, -0.25) is 0 Å². The number of anilines is 1. The number of aromatic nitrogens is 2. The Morgan fingerprint density at radius 2 is 2.00 bits per heavy atom. The average Bonchev–Trinajstić information content (AvgIpc) is 2.26. The fourth-order valence-corrected chi connectivity index (χ4v) is 1.24. The third kappa shape index (κ3) is 4.99. The molecule has 1 aromatic heterocycles. The van der Waals surface area contributed by atoms with Gasteiger partial charge in [-0.25, -0.2) is 0 Å². The Balaban J connectivity index is 2.54. The summed E-state index contributed by atoms with van der Waals surface area (Å²) < 4.78 is 36.1. The van der Waals surface area contributed by atoms with Crippen LogP contribution in [0.3, 0.4) is 0 Å². The lowest BCUT2D eigenvalue weighted by molar-refractivity contribution is -0.132. The van der Waals surface area contributed by atoms with Gasteiger partial charge in [0.15, 0.2) is 5.82 Å². The van der Waals surface area contributed by atoms with Gasteiger partial charge in [-0.1, -0.05) is 0 Å². The molecule has 0 amide bonds. The summed E-state index contributed by atoms with van der Waals surface area (Å²) in [7, 11) is 3.35. The van der Waals surface area contributed by atoms with Gasteiger partial charge in [-0.2, -0.15) is 18.3 Å². The summed E-state index contributed by atoms with van der Waals surface area (Å²) in [5, 5.41) is 10.7. The molecular formula is C10H15F3N4. The smallest absolute Gasteiger partial charge is 0.358 e. The van der Waals surface area contributed by atoms with Crippen molar-refractivity contribution in [3.05, 3.63) is 17.8 Å². The van der Waals surface area contributed by atoms with E-state index in [1.54, 1.807) is 26.2 Å². The fraction of sp³-hybridized carbons (Fsp3) is 0.600. The van der Waals surface area contributed by atoms with Crippen LogP contribution in [0.15, 0.2) is 12.1 Å². The molecule has 17 heavy (non-hydrogen) atoms. The minimum absolute atomic E-state index is 0.121. The average molecular weight is 248 g/mol. The maximum Gasteiger partial charge on any atom is 0.390 e. The van der Waals surface area contributed by atoms with Crippen LogP contribution in [-0.2, 0) is 6.54 Å². The van der Waals surface area contributed by atoms with Gasteiger partial charge in [-0.05, 0) is 19.2 Å². The van der Waals surface area contributed by atoms with Crippen LogP contribution >= 0.6 is 0 Å². The zero-order chi connectivity index (χ0) is 12.9. The van der Waals surface area contributed by atoms with Crippen LogP contribution in [0.25, 0.3) is 0 Å². The first-order valence-electron chi connectivity index (χ1n) is 5.17. The van der Waals surface area contributed by atoms with Crippen LogP contribution in [0.2, 0.25) is 0 Å². The van der Waals surface area contributed by atoms with E-state index in [2.05, 4.69) is 15.5 Å². The molecule has 0 aliphatic carbocycles. The molecule has 0 saturated heterocycles. The monoisotopic (exact) mass is 248 g/mol. The SMILES string of the molecule is CNCc1ccc(N(C)CCC(F)(F)F)nn1. The Morgan fingerprint density at radius 3 is 2.47 bits per heavy atom. The van der Waals surface area contributed by atoms with Gasteiger partial charge in [-0.15, -0.1) is 5.10 Å². The van der Waals surface area contributed by atoms with Crippen LogP contribution in [0, 0.1) is 0 Å². The first-order chi connectivity index (χ1) is 7.92. The Hall–Kier alpha value is -1.37. The predicted molar refractivity (Wildman–Crippen MR) is 58.7 cm³/mol. The summed E-state index contributed by atoms with van der Waals surface area (Å²) in [5.41, 5.74) is 0.750. The Kier molecular flexibility index (Phi) is 4.68. The largest absolute Gasteiger partial charge is 0.390 e. The van der Waals surface area contributed by atoms with Gasteiger partial charge in [0.1, 0.15) is 0 Å². The normalized spacial score (nSPS) is 11.6. The van der Waals surface area contributed by atoms with Crippen molar-refractivity contribution in [2.24, 2.45) is 0 Å². The molecule has 7 heteroatoms. The molecule has 1 aromatic rings. The quantitative estimate of drug-likeness (QED) is 0.859. The number of hydrogen-bond acceptors (Lipinski definition) is 4. The molecule has 0 radical (unpaired) electrons. The van der Waals surface area contributed by atoms with E-state index in [0.717, 1.165) is 5.69 Å². The van der Waals surface area contributed by atoms with Gasteiger partial charge in [0.25, 0.3) is 0 Å². The summed E-state index contributed by atoms with van der Waals surface area (Å²) in [6.07, 6.45) is -5.00. The molecule has 0 fully saturated rings. The van der Waals surface area contributed by atoms with Gasteiger partial charge in [0.2, 0.25) is 0 Å². The third-order valence-electron chi connectivity index (χ3n) is 2.19. The lowest BCUT2D eigenvalue weighted by Crippen LogP contribution is -2.25. The first kappa shape index (κ1) is 13.7. The highest BCUT2D eigenvalue weighted by Crippen LogP contribution is 2.20.